The molecule has 6 nitrogen and oxygen atoms in total. The summed E-state index contributed by atoms with van der Waals surface area (Å²) in [5.41, 5.74) is -0.305. The number of H-pyrrole nitrogens is 1. The lowest BCUT2D eigenvalue weighted by Crippen LogP contribution is -2.46. The Balaban J connectivity index is 2.01. The first kappa shape index (κ1) is 15.3. The smallest absolute Gasteiger partial charge is 0.271 e. The van der Waals surface area contributed by atoms with Crippen molar-refractivity contribution in [2.45, 2.75) is 26.3 Å². The zero-order valence-electron chi connectivity index (χ0n) is 11.9. The number of nitrogens with one attached hydrogen (secondary N) is 2. The van der Waals surface area contributed by atoms with Crippen LogP contribution in [-0.4, -0.2) is 53.8 Å². The predicted molar refractivity (Wildman–Crippen MR) is 79.6 cm³/mol. The molecule has 1 aliphatic rings. The summed E-state index contributed by atoms with van der Waals surface area (Å²) in [7, 11) is 0. The van der Waals surface area contributed by atoms with Crippen LogP contribution in [0.2, 0.25) is 5.02 Å². The van der Waals surface area contributed by atoms with Crippen LogP contribution in [0.3, 0.4) is 0 Å². The first-order valence-electron chi connectivity index (χ1n) is 6.94. The van der Waals surface area contributed by atoms with Crippen LogP contribution in [0, 0.1) is 6.92 Å². The number of hydrogen-bond acceptors (Lipinski definition) is 5. The Labute approximate surface area is 123 Å². The van der Waals surface area contributed by atoms with Crippen LogP contribution in [0.25, 0.3) is 0 Å². The third-order valence-electron chi connectivity index (χ3n) is 3.52. The molecule has 1 atom stereocenters. The molecule has 2 rings (SSSR count). The fourth-order valence-corrected chi connectivity index (χ4v) is 2.53. The number of aromatic nitrogens is 2. The third kappa shape index (κ3) is 3.71. The highest BCUT2D eigenvalue weighted by Crippen LogP contribution is 2.15. The topological polar surface area (TPSA) is 70.2 Å². The lowest BCUT2D eigenvalue weighted by molar-refractivity contribution is 0.0184. The molecule has 0 bridgehead atoms. The van der Waals surface area contributed by atoms with Crippen LogP contribution >= 0.6 is 11.6 Å². The maximum atomic E-state index is 11.6. The lowest BCUT2D eigenvalue weighted by Gasteiger charge is -2.34. The van der Waals surface area contributed by atoms with E-state index in [-0.39, 0.29) is 10.6 Å². The van der Waals surface area contributed by atoms with Gasteiger partial charge in [-0.1, -0.05) is 18.5 Å². The summed E-state index contributed by atoms with van der Waals surface area (Å²) in [6, 6.07) is 0.386. The number of aryl methyl sites for hydroxylation is 1. The Hall–Kier alpha value is -1.11. The molecule has 1 aromatic heterocycles. The van der Waals surface area contributed by atoms with Gasteiger partial charge in [0.2, 0.25) is 0 Å². The monoisotopic (exact) mass is 300 g/mol. The van der Waals surface area contributed by atoms with Crippen molar-refractivity contribution in [1.29, 1.82) is 0 Å². The average Bonchev–Trinajstić information content (AvgIpc) is 2.45. The van der Waals surface area contributed by atoms with Gasteiger partial charge >= 0.3 is 0 Å². The zero-order chi connectivity index (χ0) is 14.5. The fraction of sp³-hybridized carbons (Fsp3) is 0.692. The molecular weight excluding hydrogens is 280 g/mol. The number of morpholine rings is 1. The molecule has 0 amide bonds. The van der Waals surface area contributed by atoms with E-state index in [4.69, 9.17) is 16.3 Å². The molecular formula is C13H21ClN4O2. The minimum Gasteiger partial charge on any atom is -0.379 e. The molecule has 1 aromatic rings. The summed E-state index contributed by atoms with van der Waals surface area (Å²) < 4.78 is 5.37. The molecule has 0 spiro atoms. The second-order valence-corrected chi connectivity index (χ2v) is 5.28. The number of halogens is 1. The van der Waals surface area contributed by atoms with E-state index in [0.717, 1.165) is 32.7 Å². The number of anilines is 1. The van der Waals surface area contributed by atoms with Crippen LogP contribution in [0.1, 0.15) is 19.2 Å². The SMILES string of the molecule is CC[C@H](CNc1nc(C)[nH]c(=O)c1Cl)N1CCOCC1. The maximum Gasteiger partial charge on any atom is 0.271 e. The van der Waals surface area contributed by atoms with Crippen LogP contribution < -0.4 is 10.9 Å². The Kier molecular flexibility index (Phi) is 5.39. The van der Waals surface area contributed by atoms with Crippen LogP contribution in [0.15, 0.2) is 4.79 Å². The minimum absolute atomic E-state index is 0.118. The molecule has 112 valence electrons. The van der Waals surface area contributed by atoms with E-state index >= 15 is 0 Å². The molecule has 1 saturated heterocycles. The molecule has 2 heterocycles. The van der Waals surface area contributed by atoms with Crippen molar-refractivity contribution in [2.75, 3.05) is 38.2 Å². The Morgan fingerprint density at radius 3 is 2.85 bits per heavy atom. The molecule has 20 heavy (non-hydrogen) atoms. The molecule has 0 saturated carbocycles. The van der Waals surface area contributed by atoms with Gasteiger partial charge < -0.3 is 15.0 Å². The Morgan fingerprint density at radius 2 is 2.20 bits per heavy atom. The average molecular weight is 301 g/mol. The summed E-state index contributed by atoms with van der Waals surface area (Å²) in [5.74, 6) is 1.01. The number of hydrogen-bond donors (Lipinski definition) is 2. The van der Waals surface area contributed by atoms with Crippen LogP contribution in [0.4, 0.5) is 5.82 Å². The summed E-state index contributed by atoms with van der Waals surface area (Å²) in [4.78, 5) is 20.8. The van der Waals surface area contributed by atoms with E-state index in [9.17, 15) is 4.79 Å². The normalized spacial score (nSPS) is 17.9. The van der Waals surface area contributed by atoms with E-state index < -0.39 is 0 Å². The highest BCUT2D eigenvalue weighted by atomic mass is 35.5. The van der Waals surface area contributed by atoms with E-state index in [1.165, 1.54) is 0 Å². The molecule has 0 radical (unpaired) electrons. The van der Waals surface area contributed by atoms with Gasteiger partial charge in [0, 0.05) is 25.7 Å². The highest BCUT2D eigenvalue weighted by molar-refractivity contribution is 6.32. The lowest BCUT2D eigenvalue weighted by atomic mass is 10.1. The van der Waals surface area contributed by atoms with Gasteiger partial charge in [-0.2, -0.15) is 0 Å². The number of rotatable bonds is 5. The molecule has 7 heteroatoms. The number of nitrogens with zero attached hydrogens (tertiary/aromatic N) is 2. The number of ether oxygens (including phenoxy) is 1. The Bertz CT molecular complexity index is 500. The van der Waals surface area contributed by atoms with Crippen molar-refractivity contribution in [2.24, 2.45) is 0 Å². The predicted octanol–water partition coefficient (Wildman–Crippen LogP) is 1.25. The molecule has 1 fully saturated rings. The quantitative estimate of drug-likeness (QED) is 0.856. The summed E-state index contributed by atoms with van der Waals surface area (Å²) in [6.45, 7) is 8.04. The highest BCUT2D eigenvalue weighted by Gasteiger charge is 2.20. The van der Waals surface area contributed by atoms with E-state index in [1.54, 1.807) is 6.92 Å². The number of aromatic amines is 1. The largest absolute Gasteiger partial charge is 0.379 e. The van der Waals surface area contributed by atoms with Crippen LogP contribution in [0.5, 0.6) is 0 Å². The fourth-order valence-electron chi connectivity index (χ4n) is 2.38. The molecule has 2 N–H and O–H groups in total. The summed E-state index contributed by atoms with van der Waals surface area (Å²) in [6.07, 6.45) is 1.02. The summed E-state index contributed by atoms with van der Waals surface area (Å²) >= 11 is 5.98. The van der Waals surface area contributed by atoms with E-state index in [2.05, 4.69) is 27.1 Å². The first-order chi connectivity index (χ1) is 9.61. The minimum atomic E-state index is -0.305. The van der Waals surface area contributed by atoms with Crippen molar-refractivity contribution in [3.8, 4) is 0 Å². The van der Waals surface area contributed by atoms with E-state index in [1.807, 2.05) is 0 Å². The molecule has 0 aromatic carbocycles. The molecule has 1 aliphatic heterocycles. The summed E-state index contributed by atoms with van der Waals surface area (Å²) in [5, 5.41) is 3.32. The van der Waals surface area contributed by atoms with Gasteiger partial charge in [-0.3, -0.25) is 9.69 Å². The van der Waals surface area contributed by atoms with Crippen LogP contribution in [-0.2, 0) is 4.74 Å². The van der Waals surface area contributed by atoms with Gasteiger partial charge in [0.1, 0.15) is 10.8 Å². The van der Waals surface area contributed by atoms with Crippen molar-refractivity contribution >= 4 is 17.4 Å². The molecule has 0 unspecified atom stereocenters. The second-order valence-electron chi connectivity index (χ2n) is 4.91. The first-order valence-corrected chi connectivity index (χ1v) is 7.31. The molecule has 0 aliphatic carbocycles. The van der Waals surface area contributed by atoms with Gasteiger partial charge in [-0.25, -0.2) is 4.98 Å². The van der Waals surface area contributed by atoms with Crippen molar-refractivity contribution in [3.63, 3.8) is 0 Å². The standard InChI is InChI=1S/C13H21ClN4O2/c1-3-10(18-4-6-20-7-5-18)8-15-12-11(14)13(19)17-9(2)16-12/h10H,3-8H2,1-2H3,(H2,15,16,17,19)/t10-/m1/s1. The zero-order valence-corrected chi connectivity index (χ0v) is 12.7. The second kappa shape index (κ2) is 7.06. The Morgan fingerprint density at radius 1 is 1.50 bits per heavy atom. The van der Waals surface area contributed by atoms with Gasteiger partial charge in [0.15, 0.2) is 5.82 Å². The maximum absolute atomic E-state index is 11.6. The van der Waals surface area contributed by atoms with Crippen molar-refractivity contribution < 1.29 is 4.74 Å². The van der Waals surface area contributed by atoms with Crippen molar-refractivity contribution in [3.05, 3.63) is 21.2 Å². The third-order valence-corrected chi connectivity index (χ3v) is 3.87. The van der Waals surface area contributed by atoms with Gasteiger partial charge in [0.25, 0.3) is 5.56 Å². The van der Waals surface area contributed by atoms with Crippen molar-refractivity contribution in [1.82, 2.24) is 14.9 Å². The van der Waals surface area contributed by atoms with E-state index in [0.29, 0.717) is 24.2 Å². The van der Waals surface area contributed by atoms with Gasteiger partial charge in [-0.15, -0.1) is 0 Å². The van der Waals surface area contributed by atoms with Gasteiger partial charge in [0.05, 0.1) is 13.2 Å². The van der Waals surface area contributed by atoms with Gasteiger partial charge in [-0.05, 0) is 13.3 Å².